The van der Waals surface area contributed by atoms with Crippen LogP contribution in [0.15, 0.2) is 18.2 Å². The summed E-state index contributed by atoms with van der Waals surface area (Å²) in [5.41, 5.74) is 1.44. The fourth-order valence-corrected chi connectivity index (χ4v) is 4.80. The van der Waals surface area contributed by atoms with Crippen LogP contribution in [0.4, 0.5) is 9.18 Å². The molecule has 0 aliphatic carbocycles. The van der Waals surface area contributed by atoms with Crippen molar-refractivity contribution in [2.24, 2.45) is 0 Å². The molecule has 1 aliphatic heterocycles. The highest BCUT2D eigenvalue weighted by Crippen LogP contribution is 2.37. The molecule has 164 valence electrons. The molecule has 0 radical (unpaired) electrons. The Bertz CT molecular complexity index is 1180. The van der Waals surface area contributed by atoms with Gasteiger partial charge in [0, 0.05) is 10.9 Å². The van der Waals surface area contributed by atoms with Crippen LogP contribution in [-0.2, 0) is 22.4 Å². The minimum Gasteiger partial charge on any atom is -0.465 e. The number of rotatable bonds is 2. The summed E-state index contributed by atoms with van der Waals surface area (Å²) < 4.78 is 24.3. The van der Waals surface area contributed by atoms with Gasteiger partial charge in [-0.15, -0.1) is 11.3 Å². The molecule has 1 N–H and O–H groups in total. The quantitative estimate of drug-likeness (QED) is 0.567. The number of methoxy groups -OCH3 is 1. The molecule has 1 amide bonds. The van der Waals surface area contributed by atoms with E-state index < -0.39 is 17.4 Å². The van der Waals surface area contributed by atoms with Gasteiger partial charge in [-0.05, 0) is 57.9 Å². The normalized spacial score (nSPS) is 16.3. The molecule has 9 heteroatoms. The number of carbonyl (C=O) groups excluding carboxylic acids is 2. The van der Waals surface area contributed by atoms with E-state index in [2.05, 4.69) is 9.97 Å². The van der Waals surface area contributed by atoms with Crippen LogP contribution in [0.5, 0.6) is 0 Å². The number of halogens is 1. The van der Waals surface area contributed by atoms with E-state index in [0.29, 0.717) is 29.8 Å². The standard InChI is InChI=1S/C22H24FN3O4S/c1-11-6-12-7-16(31-17(12)10-26(11)21(28)30-22(2,3)4)19-24-15-9-13(23)8-14(18(15)25-19)20(27)29-5/h7-9,11H,6,10H2,1-5H3,(H,24,25). The minimum absolute atomic E-state index is 0.000459. The zero-order chi connectivity index (χ0) is 22.5. The third-order valence-corrected chi connectivity index (χ3v) is 6.24. The number of hydrogen-bond donors (Lipinski definition) is 1. The lowest BCUT2D eigenvalue weighted by molar-refractivity contribution is 0.0142. The van der Waals surface area contributed by atoms with Gasteiger partial charge in [-0.25, -0.2) is 19.0 Å². The largest absolute Gasteiger partial charge is 0.465 e. The minimum atomic E-state index is -0.644. The zero-order valence-corrected chi connectivity index (χ0v) is 18.9. The predicted octanol–water partition coefficient (Wildman–Crippen LogP) is 4.90. The van der Waals surface area contributed by atoms with Crippen molar-refractivity contribution in [2.45, 2.75) is 52.3 Å². The number of carbonyl (C=O) groups is 2. The molecule has 7 nitrogen and oxygen atoms in total. The fraction of sp³-hybridized carbons (Fsp3) is 0.409. The van der Waals surface area contributed by atoms with Gasteiger partial charge in [0.2, 0.25) is 0 Å². The molecule has 3 aromatic rings. The molecule has 1 aliphatic rings. The lowest BCUT2D eigenvalue weighted by Crippen LogP contribution is -2.44. The van der Waals surface area contributed by atoms with Crippen LogP contribution in [0.1, 0.15) is 48.5 Å². The van der Waals surface area contributed by atoms with Crippen molar-refractivity contribution < 1.29 is 23.5 Å². The lowest BCUT2D eigenvalue weighted by Gasteiger charge is -2.34. The Morgan fingerprint density at radius 1 is 1.29 bits per heavy atom. The second-order valence-corrected chi connectivity index (χ2v) is 9.78. The van der Waals surface area contributed by atoms with Crippen LogP contribution in [0.3, 0.4) is 0 Å². The molecule has 2 aromatic heterocycles. The molecule has 4 rings (SSSR count). The molecular formula is C22H24FN3O4S. The van der Waals surface area contributed by atoms with Crippen LogP contribution in [0.25, 0.3) is 21.7 Å². The second-order valence-electron chi connectivity index (χ2n) is 8.65. The number of esters is 1. The van der Waals surface area contributed by atoms with Gasteiger partial charge in [0.1, 0.15) is 22.8 Å². The Labute approximate surface area is 183 Å². The number of imidazole rings is 1. The highest BCUT2D eigenvalue weighted by Gasteiger charge is 2.32. The van der Waals surface area contributed by atoms with E-state index >= 15 is 0 Å². The average Bonchev–Trinajstić information content (AvgIpc) is 3.27. The van der Waals surface area contributed by atoms with Crippen molar-refractivity contribution in [3.05, 3.63) is 40.0 Å². The topological polar surface area (TPSA) is 84.5 Å². The molecule has 0 spiro atoms. The highest BCUT2D eigenvalue weighted by molar-refractivity contribution is 7.15. The second kappa shape index (κ2) is 7.64. The lowest BCUT2D eigenvalue weighted by atomic mass is 10.0. The third kappa shape index (κ3) is 4.14. The van der Waals surface area contributed by atoms with Gasteiger partial charge in [-0.2, -0.15) is 0 Å². The van der Waals surface area contributed by atoms with Crippen LogP contribution in [-0.4, -0.2) is 45.7 Å². The van der Waals surface area contributed by atoms with E-state index in [1.165, 1.54) is 24.5 Å². The summed E-state index contributed by atoms with van der Waals surface area (Å²) in [6, 6.07) is 4.46. The van der Waals surface area contributed by atoms with Gasteiger partial charge < -0.3 is 19.4 Å². The summed E-state index contributed by atoms with van der Waals surface area (Å²) in [4.78, 5) is 35.9. The number of nitrogens with one attached hydrogen (secondary N) is 1. The molecular weight excluding hydrogens is 421 g/mol. The Balaban J connectivity index is 1.67. The maximum Gasteiger partial charge on any atom is 0.410 e. The van der Waals surface area contributed by atoms with Crippen LogP contribution in [0.2, 0.25) is 0 Å². The van der Waals surface area contributed by atoms with Gasteiger partial charge in [-0.1, -0.05) is 0 Å². The summed E-state index contributed by atoms with van der Waals surface area (Å²) in [7, 11) is 1.25. The van der Waals surface area contributed by atoms with Crippen molar-refractivity contribution in [3.8, 4) is 10.7 Å². The molecule has 1 unspecified atom stereocenters. The molecule has 0 fully saturated rings. The van der Waals surface area contributed by atoms with Crippen LogP contribution < -0.4 is 0 Å². The summed E-state index contributed by atoms with van der Waals surface area (Å²) in [6.45, 7) is 8.00. The molecule has 1 atom stereocenters. The first kappa shape index (κ1) is 21.3. The molecule has 0 bridgehead atoms. The Kier molecular flexibility index (Phi) is 5.25. The highest BCUT2D eigenvalue weighted by atomic mass is 32.1. The van der Waals surface area contributed by atoms with E-state index in [9.17, 15) is 14.0 Å². The Morgan fingerprint density at radius 2 is 2.03 bits per heavy atom. The molecule has 1 aromatic carbocycles. The van der Waals surface area contributed by atoms with E-state index in [0.717, 1.165) is 21.4 Å². The predicted molar refractivity (Wildman–Crippen MR) is 116 cm³/mol. The first-order valence-corrected chi connectivity index (χ1v) is 10.8. The summed E-state index contributed by atoms with van der Waals surface area (Å²) in [5, 5.41) is 0. The monoisotopic (exact) mass is 445 g/mol. The fourth-order valence-electron chi connectivity index (χ4n) is 3.66. The first-order valence-electron chi connectivity index (χ1n) is 9.95. The number of benzene rings is 1. The van der Waals surface area contributed by atoms with E-state index in [-0.39, 0.29) is 17.7 Å². The Hall–Kier alpha value is -2.94. The van der Waals surface area contributed by atoms with Crippen LogP contribution in [0, 0.1) is 5.82 Å². The van der Waals surface area contributed by atoms with Gasteiger partial charge in [0.25, 0.3) is 0 Å². The van der Waals surface area contributed by atoms with Crippen molar-refractivity contribution >= 4 is 34.4 Å². The molecule has 0 saturated heterocycles. The number of fused-ring (bicyclic) bond motifs is 2. The number of thiophene rings is 1. The zero-order valence-electron chi connectivity index (χ0n) is 18.0. The summed E-state index contributed by atoms with van der Waals surface area (Å²) in [5.74, 6) is -0.646. The maximum absolute atomic E-state index is 14.0. The molecule has 0 saturated carbocycles. The van der Waals surface area contributed by atoms with E-state index in [1.807, 2.05) is 33.8 Å². The Morgan fingerprint density at radius 3 is 2.71 bits per heavy atom. The molecule has 3 heterocycles. The van der Waals surface area contributed by atoms with Gasteiger partial charge in [0.05, 0.1) is 29.6 Å². The smallest absolute Gasteiger partial charge is 0.410 e. The number of H-pyrrole nitrogens is 1. The van der Waals surface area contributed by atoms with Crippen molar-refractivity contribution in [1.29, 1.82) is 0 Å². The van der Waals surface area contributed by atoms with E-state index in [1.54, 1.807) is 4.90 Å². The number of amides is 1. The molecule has 31 heavy (non-hydrogen) atoms. The van der Waals surface area contributed by atoms with Crippen LogP contribution >= 0.6 is 11.3 Å². The van der Waals surface area contributed by atoms with E-state index in [4.69, 9.17) is 9.47 Å². The van der Waals surface area contributed by atoms with Crippen molar-refractivity contribution in [2.75, 3.05) is 7.11 Å². The number of ether oxygens (including phenoxy) is 2. The number of aromatic nitrogens is 2. The van der Waals surface area contributed by atoms with Gasteiger partial charge in [-0.3, -0.25) is 0 Å². The third-order valence-electron chi connectivity index (χ3n) is 5.08. The van der Waals surface area contributed by atoms with Crippen molar-refractivity contribution in [1.82, 2.24) is 14.9 Å². The SMILES string of the molecule is COC(=O)c1cc(F)cc2[nH]c(-c3cc4c(s3)CN(C(=O)OC(C)(C)C)C(C)C4)nc12. The first-order chi connectivity index (χ1) is 14.6. The number of hydrogen-bond acceptors (Lipinski definition) is 6. The number of aromatic amines is 1. The van der Waals surface area contributed by atoms with Gasteiger partial charge >= 0.3 is 12.1 Å². The average molecular weight is 446 g/mol. The summed E-state index contributed by atoms with van der Waals surface area (Å²) >= 11 is 1.52. The maximum atomic E-state index is 14.0. The van der Waals surface area contributed by atoms with Gasteiger partial charge in [0.15, 0.2) is 0 Å². The number of nitrogens with zero attached hydrogens (tertiary/aromatic N) is 2. The van der Waals surface area contributed by atoms with Crippen molar-refractivity contribution in [3.63, 3.8) is 0 Å². The summed E-state index contributed by atoms with van der Waals surface area (Å²) in [6.07, 6.45) is 0.371.